The summed E-state index contributed by atoms with van der Waals surface area (Å²) < 4.78 is 4.67. The van der Waals surface area contributed by atoms with Gasteiger partial charge in [-0.15, -0.1) is 0 Å². The van der Waals surface area contributed by atoms with E-state index in [0.29, 0.717) is 11.4 Å². The van der Waals surface area contributed by atoms with Crippen molar-refractivity contribution in [1.29, 1.82) is 0 Å². The Morgan fingerprint density at radius 1 is 1.44 bits per heavy atom. The van der Waals surface area contributed by atoms with Crippen LogP contribution >= 0.6 is 11.8 Å². The van der Waals surface area contributed by atoms with Crippen LogP contribution < -0.4 is 16.9 Å². The molecule has 5 N–H and O–H groups in total. The fourth-order valence-corrected chi connectivity index (χ4v) is 2.63. The number of aryl methyl sites for hydroxylation is 1. The average molecular weight is 266 g/mol. The molecule has 0 saturated carbocycles. The van der Waals surface area contributed by atoms with Crippen LogP contribution in [0.15, 0.2) is 20.8 Å². The highest BCUT2D eigenvalue weighted by atomic mass is 32.2. The molecule has 10 heteroatoms. The van der Waals surface area contributed by atoms with Gasteiger partial charge in [0.2, 0.25) is 11.9 Å². The number of thioether (sulfide) groups is 1. The molecule has 0 aliphatic carbocycles. The van der Waals surface area contributed by atoms with Crippen LogP contribution in [0.4, 0.5) is 0 Å². The molecule has 3 rings (SSSR count). The molecule has 3 heterocycles. The highest BCUT2D eigenvalue weighted by Gasteiger charge is 2.30. The largest absolute Gasteiger partial charge is 0.368 e. The van der Waals surface area contributed by atoms with Crippen molar-refractivity contribution >= 4 is 28.6 Å². The number of rotatable bonds is 1. The standard InChI is InChI=1S/C8H10N8OS/c1-3-5(15-17-14-3)4-2-11-16-7(10)12-6(9)13-8(16)18-4/h2,8,11H,1H3,(H4,9,10,12,13). The number of nitrogens with one attached hydrogen (secondary N) is 1. The number of nitrogens with zero attached hydrogens (tertiary/aromatic N) is 5. The topological polar surface area (TPSA) is 131 Å². The predicted octanol–water partition coefficient (Wildman–Crippen LogP) is -0.844. The molecule has 94 valence electrons. The molecule has 0 fully saturated rings. The maximum atomic E-state index is 5.74. The molecule has 0 radical (unpaired) electrons. The van der Waals surface area contributed by atoms with Crippen molar-refractivity contribution in [3.05, 3.63) is 17.6 Å². The molecule has 0 bridgehead atoms. The van der Waals surface area contributed by atoms with Crippen molar-refractivity contribution in [1.82, 2.24) is 20.7 Å². The predicted molar refractivity (Wildman–Crippen MR) is 66.6 cm³/mol. The number of guanidine groups is 2. The van der Waals surface area contributed by atoms with Crippen molar-refractivity contribution < 1.29 is 4.63 Å². The van der Waals surface area contributed by atoms with Crippen LogP contribution in [0.3, 0.4) is 0 Å². The van der Waals surface area contributed by atoms with E-state index in [-0.39, 0.29) is 17.4 Å². The van der Waals surface area contributed by atoms with Gasteiger partial charge in [-0.2, -0.15) is 4.99 Å². The molecule has 9 nitrogen and oxygen atoms in total. The molecule has 0 aromatic carbocycles. The third-order valence-corrected chi connectivity index (χ3v) is 3.48. The molecule has 1 aromatic heterocycles. The Morgan fingerprint density at radius 3 is 3.00 bits per heavy atom. The first-order chi connectivity index (χ1) is 8.65. The first kappa shape index (κ1) is 10.9. The summed E-state index contributed by atoms with van der Waals surface area (Å²) in [7, 11) is 0. The number of hydrogen-bond donors (Lipinski definition) is 3. The lowest BCUT2D eigenvalue weighted by Gasteiger charge is -2.34. The number of hydrogen-bond acceptors (Lipinski definition) is 10. The lowest BCUT2D eigenvalue weighted by molar-refractivity contribution is 0.303. The van der Waals surface area contributed by atoms with E-state index in [1.165, 1.54) is 11.8 Å². The Balaban J connectivity index is 1.92. The van der Waals surface area contributed by atoms with E-state index in [4.69, 9.17) is 11.5 Å². The maximum absolute atomic E-state index is 5.74. The molecule has 2 aliphatic rings. The van der Waals surface area contributed by atoms with Gasteiger partial charge in [-0.3, -0.25) is 5.43 Å². The zero-order valence-corrected chi connectivity index (χ0v) is 10.2. The van der Waals surface area contributed by atoms with Crippen molar-refractivity contribution in [3.63, 3.8) is 0 Å². The maximum Gasteiger partial charge on any atom is 0.221 e. The van der Waals surface area contributed by atoms with Gasteiger partial charge in [0.25, 0.3) is 0 Å². The summed E-state index contributed by atoms with van der Waals surface area (Å²) in [6.07, 6.45) is 1.74. The fourth-order valence-electron chi connectivity index (χ4n) is 1.55. The Morgan fingerprint density at radius 2 is 2.28 bits per heavy atom. The van der Waals surface area contributed by atoms with E-state index in [2.05, 4.69) is 30.4 Å². The van der Waals surface area contributed by atoms with Crippen molar-refractivity contribution in [2.24, 2.45) is 21.5 Å². The van der Waals surface area contributed by atoms with Gasteiger partial charge in [0.1, 0.15) is 11.4 Å². The molecule has 1 atom stereocenters. The van der Waals surface area contributed by atoms with Crippen molar-refractivity contribution in [2.45, 2.75) is 12.4 Å². The van der Waals surface area contributed by atoms with E-state index >= 15 is 0 Å². The van der Waals surface area contributed by atoms with Crippen molar-refractivity contribution in [2.75, 3.05) is 0 Å². The summed E-state index contributed by atoms with van der Waals surface area (Å²) in [5.74, 6) is 0.421. The average Bonchev–Trinajstić information content (AvgIpc) is 2.74. The number of hydrazine groups is 1. The summed E-state index contributed by atoms with van der Waals surface area (Å²) in [5.41, 5.74) is 15.3. The van der Waals surface area contributed by atoms with Gasteiger partial charge in [0, 0.05) is 6.20 Å². The molecule has 1 unspecified atom stereocenters. The molecular weight excluding hydrogens is 256 g/mol. The van der Waals surface area contributed by atoms with Gasteiger partial charge in [0.15, 0.2) is 5.50 Å². The summed E-state index contributed by atoms with van der Waals surface area (Å²) >= 11 is 1.43. The SMILES string of the molecule is Cc1nonc1C1=CNN2C(N)=NC(N)=NC2S1. The van der Waals surface area contributed by atoms with Crippen LogP contribution in [-0.4, -0.2) is 32.7 Å². The van der Waals surface area contributed by atoms with E-state index in [9.17, 15) is 0 Å². The Labute approximate surface area is 106 Å². The van der Waals surface area contributed by atoms with Gasteiger partial charge in [-0.25, -0.2) is 14.6 Å². The monoisotopic (exact) mass is 266 g/mol. The number of aromatic nitrogens is 2. The first-order valence-corrected chi connectivity index (χ1v) is 5.92. The molecular formula is C8H10N8OS. The zero-order chi connectivity index (χ0) is 12.7. The van der Waals surface area contributed by atoms with Crippen LogP contribution in [-0.2, 0) is 0 Å². The van der Waals surface area contributed by atoms with Crippen LogP contribution in [0.2, 0.25) is 0 Å². The van der Waals surface area contributed by atoms with Gasteiger partial charge < -0.3 is 11.5 Å². The van der Waals surface area contributed by atoms with Gasteiger partial charge in [0.05, 0.1) is 4.91 Å². The van der Waals surface area contributed by atoms with Crippen LogP contribution in [0, 0.1) is 6.92 Å². The third-order valence-electron chi connectivity index (χ3n) is 2.39. The molecule has 2 aliphatic heterocycles. The summed E-state index contributed by atoms with van der Waals surface area (Å²) in [5, 5.41) is 9.18. The highest BCUT2D eigenvalue weighted by molar-refractivity contribution is 8.08. The third kappa shape index (κ3) is 1.66. The summed E-state index contributed by atoms with van der Waals surface area (Å²) in [6, 6.07) is 0. The molecule has 0 saturated heterocycles. The Kier molecular flexibility index (Phi) is 2.37. The molecule has 18 heavy (non-hydrogen) atoms. The number of fused-ring (bicyclic) bond motifs is 1. The Bertz CT molecular complexity index is 575. The lowest BCUT2D eigenvalue weighted by atomic mass is 10.3. The smallest absolute Gasteiger partial charge is 0.221 e. The molecule has 0 spiro atoms. The van der Waals surface area contributed by atoms with Crippen LogP contribution in [0.25, 0.3) is 4.91 Å². The van der Waals surface area contributed by atoms with E-state index in [1.54, 1.807) is 11.2 Å². The summed E-state index contributed by atoms with van der Waals surface area (Å²) in [6.45, 7) is 1.81. The van der Waals surface area contributed by atoms with E-state index < -0.39 is 0 Å². The van der Waals surface area contributed by atoms with Gasteiger partial charge in [-0.05, 0) is 12.1 Å². The van der Waals surface area contributed by atoms with Gasteiger partial charge in [-0.1, -0.05) is 16.9 Å². The first-order valence-electron chi connectivity index (χ1n) is 5.04. The van der Waals surface area contributed by atoms with Crippen LogP contribution in [0.5, 0.6) is 0 Å². The second-order valence-electron chi connectivity index (χ2n) is 3.61. The van der Waals surface area contributed by atoms with E-state index in [1.807, 2.05) is 6.92 Å². The van der Waals surface area contributed by atoms with E-state index in [0.717, 1.165) is 4.91 Å². The Hall–Kier alpha value is -2.23. The summed E-state index contributed by atoms with van der Waals surface area (Å²) in [4.78, 5) is 8.90. The minimum Gasteiger partial charge on any atom is -0.368 e. The lowest BCUT2D eigenvalue weighted by Crippen LogP contribution is -2.53. The molecule has 1 aromatic rings. The normalized spacial score (nSPS) is 22.6. The van der Waals surface area contributed by atoms with Crippen molar-refractivity contribution in [3.8, 4) is 0 Å². The zero-order valence-electron chi connectivity index (χ0n) is 9.36. The minimum atomic E-state index is -0.321. The fraction of sp³-hybridized carbons (Fsp3) is 0.250. The second-order valence-corrected chi connectivity index (χ2v) is 4.70. The quantitative estimate of drug-likeness (QED) is 0.599. The highest BCUT2D eigenvalue weighted by Crippen LogP contribution is 2.36. The minimum absolute atomic E-state index is 0.152. The number of aliphatic imine (C=N–C) groups is 2. The second kappa shape index (κ2) is 3.91. The number of nitrogens with two attached hydrogens (primary N) is 2. The van der Waals surface area contributed by atoms with Gasteiger partial charge >= 0.3 is 0 Å². The van der Waals surface area contributed by atoms with Crippen LogP contribution in [0.1, 0.15) is 11.4 Å². The molecule has 0 amide bonds.